The van der Waals surface area contributed by atoms with Gasteiger partial charge in [-0.15, -0.1) is 0 Å². The molecule has 6 heteroatoms. The number of hydrogen-bond acceptors (Lipinski definition) is 5. The highest BCUT2D eigenvalue weighted by molar-refractivity contribution is 6.29. The molecule has 0 radical (unpaired) electrons. The Morgan fingerprint density at radius 3 is 2.72 bits per heavy atom. The van der Waals surface area contributed by atoms with Crippen LogP contribution in [-0.2, 0) is 6.61 Å². The molecule has 94 valence electrons. The molecule has 0 unspecified atom stereocenters. The highest BCUT2D eigenvalue weighted by Gasteiger charge is 2.08. The van der Waals surface area contributed by atoms with Gasteiger partial charge in [0.25, 0.3) is 0 Å². The Morgan fingerprint density at radius 2 is 2.06 bits per heavy atom. The van der Waals surface area contributed by atoms with Gasteiger partial charge in [0.2, 0.25) is 5.88 Å². The first kappa shape index (κ1) is 12.6. The molecule has 0 fully saturated rings. The van der Waals surface area contributed by atoms with E-state index in [0.29, 0.717) is 22.5 Å². The summed E-state index contributed by atoms with van der Waals surface area (Å²) < 4.78 is 10.7. The van der Waals surface area contributed by atoms with Crippen LogP contribution in [0.3, 0.4) is 0 Å². The van der Waals surface area contributed by atoms with E-state index in [2.05, 4.69) is 9.97 Å². The molecule has 1 aromatic heterocycles. The van der Waals surface area contributed by atoms with Crippen molar-refractivity contribution in [3.05, 3.63) is 41.3 Å². The number of aliphatic hydroxyl groups excluding tert-OH is 1. The van der Waals surface area contributed by atoms with Gasteiger partial charge in [-0.1, -0.05) is 17.7 Å². The normalized spacial score (nSPS) is 10.2. The number of nitrogens with zero attached hydrogens (tertiary/aromatic N) is 2. The average Bonchev–Trinajstić information content (AvgIpc) is 2.39. The predicted molar refractivity (Wildman–Crippen MR) is 66.0 cm³/mol. The Kier molecular flexibility index (Phi) is 3.96. The van der Waals surface area contributed by atoms with E-state index in [0.717, 1.165) is 5.56 Å². The number of hydrogen-bond donors (Lipinski definition) is 1. The number of methoxy groups -OCH3 is 1. The fourth-order valence-corrected chi connectivity index (χ4v) is 1.52. The molecule has 2 rings (SSSR count). The summed E-state index contributed by atoms with van der Waals surface area (Å²) in [6.07, 6.45) is 1.31. The molecule has 0 aliphatic rings. The van der Waals surface area contributed by atoms with Crippen molar-refractivity contribution in [2.75, 3.05) is 7.11 Å². The van der Waals surface area contributed by atoms with Crippen molar-refractivity contribution in [1.29, 1.82) is 0 Å². The number of halogens is 1. The molecule has 0 aliphatic heterocycles. The van der Waals surface area contributed by atoms with Gasteiger partial charge < -0.3 is 14.6 Å². The van der Waals surface area contributed by atoms with Crippen molar-refractivity contribution in [3.63, 3.8) is 0 Å². The van der Waals surface area contributed by atoms with E-state index in [1.165, 1.54) is 19.5 Å². The zero-order valence-corrected chi connectivity index (χ0v) is 10.4. The molecule has 0 saturated heterocycles. The number of ether oxygens (including phenoxy) is 2. The van der Waals surface area contributed by atoms with Crippen LogP contribution in [0.5, 0.6) is 17.4 Å². The molecule has 1 aromatic carbocycles. The molecule has 0 saturated carbocycles. The third-order valence-corrected chi connectivity index (χ3v) is 2.44. The van der Waals surface area contributed by atoms with Crippen molar-refractivity contribution in [1.82, 2.24) is 9.97 Å². The molecule has 0 atom stereocenters. The second-order valence-electron chi connectivity index (χ2n) is 3.42. The molecule has 2 aromatic rings. The van der Waals surface area contributed by atoms with Crippen molar-refractivity contribution in [2.24, 2.45) is 0 Å². The summed E-state index contributed by atoms with van der Waals surface area (Å²) >= 11 is 5.74. The Balaban J connectivity index is 2.28. The highest BCUT2D eigenvalue weighted by atomic mass is 35.5. The van der Waals surface area contributed by atoms with Crippen molar-refractivity contribution < 1.29 is 14.6 Å². The van der Waals surface area contributed by atoms with Gasteiger partial charge in [-0.3, -0.25) is 0 Å². The first-order chi connectivity index (χ1) is 8.72. The molecule has 5 nitrogen and oxygen atoms in total. The summed E-state index contributed by atoms with van der Waals surface area (Å²) in [7, 11) is 1.52. The van der Waals surface area contributed by atoms with E-state index in [4.69, 9.17) is 26.2 Å². The minimum atomic E-state index is -0.0595. The fraction of sp³-hybridized carbons (Fsp3) is 0.167. The first-order valence-corrected chi connectivity index (χ1v) is 5.54. The largest absolute Gasteiger partial charge is 0.493 e. The second kappa shape index (κ2) is 5.66. The summed E-state index contributed by atoms with van der Waals surface area (Å²) in [5.74, 6) is 1.32. The lowest BCUT2D eigenvalue weighted by molar-refractivity contribution is 0.280. The Morgan fingerprint density at radius 1 is 1.22 bits per heavy atom. The monoisotopic (exact) mass is 266 g/mol. The van der Waals surface area contributed by atoms with Gasteiger partial charge in [0.05, 0.1) is 13.7 Å². The quantitative estimate of drug-likeness (QED) is 0.861. The smallest absolute Gasteiger partial charge is 0.223 e. The average molecular weight is 267 g/mol. The summed E-state index contributed by atoms with van der Waals surface area (Å²) in [4.78, 5) is 7.69. The fourth-order valence-electron chi connectivity index (χ4n) is 1.38. The van der Waals surface area contributed by atoms with Gasteiger partial charge in [0.15, 0.2) is 11.5 Å². The molecule has 0 spiro atoms. The molecular weight excluding hydrogens is 256 g/mol. The number of benzene rings is 1. The molecule has 1 N–H and O–H groups in total. The Bertz CT molecular complexity index is 549. The van der Waals surface area contributed by atoms with Gasteiger partial charge in [-0.25, -0.2) is 9.97 Å². The van der Waals surface area contributed by atoms with Crippen LogP contribution in [0.15, 0.2) is 30.6 Å². The summed E-state index contributed by atoms with van der Waals surface area (Å²) in [6, 6.07) is 6.63. The number of aliphatic hydroxyl groups is 1. The van der Waals surface area contributed by atoms with Crippen molar-refractivity contribution in [2.45, 2.75) is 6.61 Å². The van der Waals surface area contributed by atoms with Crippen LogP contribution in [0.4, 0.5) is 0 Å². The Hall–Kier alpha value is -1.85. The first-order valence-electron chi connectivity index (χ1n) is 5.16. The molecule has 18 heavy (non-hydrogen) atoms. The highest BCUT2D eigenvalue weighted by Crippen LogP contribution is 2.31. The van der Waals surface area contributed by atoms with Crippen LogP contribution in [-0.4, -0.2) is 22.2 Å². The second-order valence-corrected chi connectivity index (χ2v) is 3.81. The minimum Gasteiger partial charge on any atom is -0.493 e. The van der Waals surface area contributed by atoms with E-state index < -0.39 is 0 Å². The molecular formula is C12H11ClN2O3. The van der Waals surface area contributed by atoms with E-state index in [1.54, 1.807) is 18.2 Å². The van der Waals surface area contributed by atoms with Crippen molar-refractivity contribution >= 4 is 11.6 Å². The predicted octanol–water partition coefficient (Wildman–Crippen LogP) is 2.42. The van der Waals surface area contributed by atoms with Crippen LogP contribution in [0.2, 0.25) is 5.15 Å². The Labute approximate surface area is 109 Å². The molecule has 0 aliphatic carbocycles. The van der Waals surface area contributed by atoms with Gasteiger partial charge >= 0.3 is 0 Å². The van der Waals surface area contributed by atoms with Gasteiger partial charge in [0.1, 0.15) is 11.5 Å². The summed E-state index contributed by atoms with van der Waals surface area (Å²) in [5.41, 5.74) is 0.736. The third-order valence-electron chi connectivity index (χ3n) is 2.23. The van der Waals surface area contributed by atoms with Crippen LogP contribution < -0.4 is 9.47 Å². The van der Waals surface area contributed by atoms with Crippen LogP contribution in [0.25, 0.3) is 0 Å². The lowest BCUT2D eigenvalue weighted by Crippen LogP contribution is -1.94. The SMILES string of the molecule is COc1cc(CO)ccc1Oc1cc(Cl)ncn1. The van der Waals surface area contributed by atoms with E-state index in [-0.39, 0.29) is 6.61 Å². The summed E-state index contributed by atoms with van der Waals surface area (Å²) in [5, 5.41) is 9.34. The number of aromatic nitrogens is 2. The standard InChI is InChI=1S/C12H11ClN2O3/c1-17-10-4-8(6-16)2-3-9(10)18-12-5-11(13)14-7-15-12/h2-5,7,16H,6H2,1H3. The zero-order valence-electron chi connectivity index (χ0n) is 9.63. The molecule has 0 bridgehead atoms. The maximum absolute atomic E-state index is 9.04. The van der Waals surface area contributed by atoms with Crippen LogP contribution in [0, 0.1) is 0 Å². The minimum absolute atomic E-state index is 0.0595. The molecule has 0 amide bonds. The van der Waals surface area contributed by atoms with Gasteiger partial charge in [-0.2, -0.15) is 0 Å². The third kappa shape index (κ3) is 2.88. The van der Waals surface area contributed by atoms with Crippen molar-refractivity contribution in [3.8, 4) is 17.4 Å². The van der Waals surface area contributed by atoms with E-state index in [9.17, 15) is 0 Å². The maximum Gasteiger partial charge on any atom is 0.223 e. The van der Waals surface area contributed by atoms with Crippen LogP contribution >= 0.6 is 11.6 Å². The van der Waals surface area contributed by atoms with E-state index in [1.807, 2.05) is 0 Å². The topological polar surface area (TPSA) is 64.5 Å². The van der Waals surface area contributed by atoms with E-state index >= 15 is 0 Å². The maximum atomic E-state index is 9.04. The van der Waals surface area contributed by atoms with Gasteiger partial charge in [-0.05, 0) is 17.7 Å². The summed E-state index contributed by atoms with van der Waals surface area (Å²) in [6.45, 7) is -0.0595. The molecule has 1 heterocycles. The van der Waals surface area contributed by atoms with Gasteiger partial charge in [0, 0.05) is 6.07 Å². The zero-order chi connectivity index (χ0) is 13.0. The number of rotatable bonds is 4. The van der Waals surface area contributed by atoms with Crippen LogP contribution in [0.1, 0.15) is 5.56 Å². The lowest BCUT2D eigenvalue weighted by atomic mass is 10.2. The lowest BCUT2D eigenvalue weighted by Gasteiger charge is -2.10.